The molecule has 130 valence electrons. The Hall–Kier alpha value is -2.22. The molecule has 0 saturated heterocycles. The molecule has 0 aliphatic rings. The molecule has 7 heteroatoms. The molecule has 1 N–H and O–H groups in total. The first-order chi connectivity index (χ1) is 12.1. The molecule has 0 radical (unpaired) electrons. The van der Waals surface area contributed by atoms with Crippen LogP contribution in [-0.4, -0.2) is 20.0 Å². The van der Waals surface area contributed by atoms with Gasteiger partial charge in [0.1, 0.15) is 10.6 Å². The standard InChI is InChI=1S/C18H18N2O3S2/c1-2-23-16-6-3-4-8-18(16)25(21,22)20-12-14-10-15(13-19-11-14)17-7-5-9-24-17/h3-11,13,20H,2,12H2,1H3. The van der Waals surface area contributed by atoms with Crippen LogP contribution in [0, 0.1) is 0 Å². The van der Waals surface area contributed by atoms with Gasteiger partial charge in [0, 0.05) is 29.4 Å². The van der Waals surface area contributed by atoms with Gasteiger partial charge in [0.15, 0.2) is 0 Å². The number of rotatable bonds is 7. The summed E-state index contributed by atoms with van der Waals surface area (Å²) >= 11 is 1.62. The van der Waals surface area contributed by atoms with Crippen LogP contribution in [0.25, 0.3) is 10.4 Å². The topological polar surface area (TPSA) is 68.3 Å². The van der Waals surface area contributed by atoms with E-state index < -0.39 is 10.0 Å². The van der Waals surface area contributed by atoms with Crippen molar-refractivity contribution in [1.82, 2.24) is 9.71 Å². The van der Waals surface area contributed by atoms with Crippen LogP contribution < -0.4 is 9.46 Å². The second-order valence-corrected chi connectivity index (χ2v) is 7.95. The fourth-order valence-electron chi connectivity index (χ4n) is 2.36. The molecule has 0 aliphatic heterocycles. The van der Waals surface area contributed by atoms with Gasteiger partial charge in [-0.1, -0.05) is 18.2 Å². The van der Waals surface area contributed by atoms with Gasteiger partial charge in [-0.25, -0.2) is 13.1 Å². The highest BCUT2D eigenvalue weighted by Crippen LogP contribution is 2.25. The number of benzene rings is 1. The number of sulfonamides is 1. The normalized spacial score (nSPS) is 11.4. The molecule has 0 spiro atoms. The van der Waals surface area contributed by atoms with E-state index in [0.717, 1.165) is 16.0 Å². The summed E-state index contributed by atoms with van der Waals surface area (Å²) < 4.78 is 33.2. The van der Waals surface area contributed by atoms with Crippen molar-refractivity contribution in [3.8, 4) is 16.2 Å². The van der Waals surface area contributed by atoms with Crippen molar-refractivity contribution in [3.63, 3.8) is 0 Å². The average molecular weight is 374 g/mol. The quantitative estimate of drug-likeness (QED) is 0.685. The average Bonchev–Trinajstić information content (AvgIpc) is 3.16. The lowest BCUT2D eigenvalue weighted by Crippen LogP contribution is -2.24. The van der Waals surface area contributed by atoms with E-state index in [-0.39, 0.29) is 11.4 Å². The van der Waals surface area contributed by atoms with Gasteiger partial charge in [-0.3, -0.25) is 4.98 Å². The minimum atomic E-state index is -3.68. The van der Waals surface area contributed by atoms with Crippen molar-refractivity contribution in [3.05, 3.63) is 65.8 Å². The summed E-state index contributed by atoms with van der Waals surface area (Å²) in [5.41, 5.74) is 1.77. The summed E-state index contributed by atoms with van der Waals surface area (Å²) in [5, 5.41) is 2.00. The molecule has 3 rings (SSSR count). The SMILES string of the molecule is CCOc1ccccc1S(=O)(=O)NCc1cncc(-c2cccs2)c1. The molecule has 2 heterocycles. The molecule has 2 aromatic heterocycles. The van der Waals surface area contributed by atoms with Gasteiger partial charge in [-0.05, 0) is 42.1 Å². The first-order valence-electron chi connectivity index (χ1n) is 7.79. The van der Waals surface area contributed by atoms with Gasteiger partial charge in [0.25, 0.3) is 0 Å². The number of pyridine rings is 1. The minimum absolute atomic E-state index is 0.138. The lowest BCUT2D eigenvalue weighted by atomic mass is 10.2. The molecule has 25 heavy (non-hydrogen) atoms. The molecule has 0 saturated carbocycles. The Morgan fingerprint density at radius 3 is 2.76 bits per heavy atom. The molecular formula is C18H18N2O3S2. The van der Waals surface area contributed by atoms with E-state index in [2.05, 4.69) is 9.71 Å². The predicted octanol–water partition coefficient (Wildman–Crippen LogP) is 3.69. The molecule has 0 unspecified atom stereocenters. The summed E-state index contributed by atoms with van der Waals surface area (Å²) in [7, 11) is -3.68. The Balaban J connectivity index is 1.78. The van der Waals surface area contributed by atoms with Gasteiger partial charge in [-0.15, -0.1) is 11.3 Å². The Bertz CT molecular complexity index is 938. The largest absolute Gasteiger partial charge is 0.492 e. The molecular weight excluding hydrogens is 356 g/mol. The van der Waals surface area contributed by atoms with Gasteiger partial charge < -0.3 is 4.74 Å². The van der Waals surface area contributed by atoms with Crippen LogP contribution in [0.3, 0.4) is 0 Å². The Morgan fingerprint density at radius 2 is 2.00 bits per heavy atom. The first kappa shape index (κ1) is 17.6. The third-order valence-corrected chi connectivity index (χ3v) is 5.87. The highest BCUT2D eigenvalue weighted by Gasteiger charge is 2.19. The minimum Gasteiger partial charge on any atom is -0.492 e. The highest BCUT2D eigenvalue weighted by atomic mass is 32.2. The second-order valence-electron chi connectivity index (χ2n) is 5.26. The van der Waals surface area contributed by atoms with Crippen LogP contribution in [0.5, 0.6) is 5.75 Å². The smallest absolute Gasteiger partial charge is 0.244 e. The van der Waals surface area contributed by atoms with Crippen molar-refractivity contribution in [1.29, 1.82) is 0 Å². The van der Waals surface area contributed by atoms with Crippen molar-refractivity contribution in [2.45, 2.75) is 18.4 Å². The number of hydrogen-bond acceptors (Lipinski definition) is 5. The van der Waals surface area contributed by atoms with Crippen LogP contribution in [0.4, 0.5) is 0 Å². The summed E-state index contributed by atoms with van der Waals surface area (Å²) in [6, 6.07) is 12.5. The lowest BCUT2D eigenvalue weighted by Gasteiger charge is -2.12. The number of hydrogen-bond donors (Lipinski definition) is 1. The second kappa shape index (κ2) is 7.77. The van der Waals surface area contributed by atoms with E-state index >= 15 is 0 Å². The van der Waals surface area contributed by atoms with Crippen molar-refractivity contribution in [2.75, 3.05) is 6.61 Å². The summed E-state index contributed by atoms with van der Waals surface area (Å²) in [5.74, 6) is 0.350. The molecule has 0 atom stereocenters. The van der Waals surface area contributed by atoms with E-state index in [0.29, 0.717) is 12.4 Å². The Labute approximate surface area is 151 Å². The maximum atomic E-state index is 12.6. The molecule has 1 aromatic carbocycles. The van der Waals surface area contributed by atoms with Crippen LogP contribution in [0.2, 0.25) is 0 Å². The molecule has 0 aliphatic carbocycles. The summed E-state index contributed by atoms with van der Waals surface area (Å²) in [4.78, 5) is 5.44. The van der Waals surface area contributed by atoms with E-state index in [1.807, 2.05) is 30.5 Å². The van der Waals surface area contributed by atoms with Gasteiger partial charge in [0.05, 0.1) is 6.61 Å². The van der Waals surface area contributed by atoms with Gasteiger partial charge in [-0.2, -0.15) is 0 Å². The first-order valence-corrected chi connectivity index (χ1v) is 10.2. The zero-order valence-electron chi connectivity index (χ0n) is 13.7. The zero-order chi connectivity index (χ0) is 17.7. The maximum absolute atomic E-state index is 12.6. The number of para-hydroxylation sites is 1. The molecule has 0 fully saturated rings. The van der Waals surface area contributed by atoms with Crippen LogP contribution in [0.1, 0.15) is 12.5 Å². The fourth-order valence-corrected chi connectivity index (χ4v) is 4.24. The van der Waals surface area contributed by atoms with E-state index in [9.17, 15) is 8.42 Å². The Kier molecular flexibility index (Phi) is 5.47. The number of ether oxygens (including phenoxy) is 1. The zero-order valence-corrected chi connectivity index (χ0v) is 15.3. The van der Waals surface area contributed by atoms with Crippen LogP contribution >= 0.6 is 11.3 Å². The number of aromatic nitrogens is 1. The van der Waals surface area contributed by atoms with Gasteiger partial charge >= 0.3 is 0 Å². The summed E-state index contributed by atoms with van der Waals surface area (Å²) in [6.07, 6.45) is 3.43. The monoisotopic (exact) mass is 374 g/mol. The highest BCUT2D eigenvalue weighted by molar-refractivity contribution is 7.89. The molecule has 5 nitrogen and oxygen atoms in total. The third kappa shape index (κ3) is 4.25. The van der Waals surface area contributed by atoms with Crippen molar-refractivity contribution >= 4 is 21.4 Å². The van der Waals surface area contributed by atoms with Crippen molar-refractivity contribution < 1.29 is 13.2 Å². The predicted molar refractivity (Wildman–Crippen MR) is 99.2 cm³/mol. The van der Waals surface area contributed by atoms with E-state index in [1.54, 1.807) is 41.9 Å². The van der Waals surface area contributed by atoms with Crippen LogP contribution in [-0.2, 0) is 16.6 Å². The lowest BCUT2D eigenvalue weighted by molar-refractivity contribution is 0.331. The number of nitrogens with one attached hydrogen (secondary N) is 1. The third-order valence-electron chi connectivity index (χ3n) is 3.51. The number of thiophene rings is 1. The van der Waals surface area contributed by atoms with Crippen LogP contribution in [0.15, 0.2) is 65.1 Å². The molecule has 3 aromatic rings. The maximum Gasteiger partial charge on any atom is 0.244 e. The van der Waals surface area contributed by atoms with E-state index in [4.69, 9.17) is 4.74 Å². The molecule has 0 amide bonds. The summed E-state index contributed by atoms with van der Waals surface area (Å²) in [6.45, 7) is 2.38. The fraction of sp³-hybridized carbons (Fsp3) is 0.167. The number of nitrogens with zero attached hydrogens (tertiary/aromatic N) is 1. The van der Waals surface area contributed by atoms with Gasteiger partial charge in [0.2, 0.25) is 10.0 Å². The Morgan fingerprint density at radius 1 is 1.16 bits per heavy atom. The van der Waals surface area contributed by atoms with E-state index in [1.165, 1.54) is 6.07 Å². The van der Waals surface area contributed by atoms with Crippen molar-refractivity contribution in [2.24, 2.45) is 0 Å². The molecule has 0 bridgehead atoms.